The van der Waals surface area contributed by atoms with Gasteiger partial charge in [-0.2, -0.15) is 18.3 Å². The molecule has 0 saturated heterocycles. The first-order chi connectivity index (χ1) is 12.5. The SMILES string of the molecule is C[Si](C)(C)CCOCn1ncc(NCC2CC(CO)C2)c(C(F)(F)F)c1=O. The highest BCUT2D eigenvalue weighted by Gasteiger charge is 2.38. The highest BCUT2D eigenvalue weighted by molar-refractivity contribution is 6.76. The fourth-order valence-corrected chi connectivity index (χ4v) is 3.72. The van der Waals surface area contributed by atoms with Crippen molar-refractivity contribution >= 4 is 13.8 Å². The van der Waals surface area contributed by atoms with Crippen LogP contribution in [0.2, 0.25) is 25.7 Å². The first-order valence-electron chi connectivity index (χ1n) is 9.11. The quantitative estimate of drug-likeness (QED) is 0.486. The van der Waals surface area contributed by atoms with Gasteiger partial charge < -0.3 is 15.2 Å². The van der Waals surface area contributed by atoms with Crippen LogP contribution in [0.5, 0.6) is 0 Å². The van der Waals surface area contributed by atoms with Crippen LogP contribution in [0.4, 0.5) is 18.9 Å². The number of aliphatic hydroxyl groups is 1. The summed E-state index contributed by atoms with van der Waals surface area (Å²) in [4.78, 5) is 12.3. The molecule has 1 aromatic rings. The molecule has 2 N–H and O–H groups in total. The average molecular weight is 408 g/mol. The minimum Gasteiger partial charge on any atom is -0.396 e. The molecule has 0 amide bonds. The van der Waals surface area contributed by atoms with Crippen molar-refractivity contribution in [3.63, 3.8) is 0 Å². The Bertz CT molecular complexity index is 683. The summed E-state index contributed by atoms with van der Waals surface area (Å²) in [6.07, 6.45) is -2.22. The molecule has 6 nitrogen and oxygen atoms in total. The van der Waals surface area contributed by atoms with Crippen molar-refractivity contribution in [1.29, 1.82) is 0 Å². The van der Waals surface area contributed by atoms with Crippen LogP contribution in [-0.2, 0) is 17.6 Å². The van der Waals surface area contributed by atoms with Crippen LogP contribution in [0, 0.1) is 11.8 Å². The van der Waals surface area contributed by atoms with Gasteiger partial charge >= 0.3 is 6.18 Å². The molecule has 0 aromatic carbocycles. The summed E-state index contributed by atoms with van der Waals surface area (Å²) in [5.41, 5.74) is -2.76. The molecule has 1 aromatic heterocycles. The molecule has 10 heteroatoms. The third kappa shape index (κ3) is 6.32. The Kier molecular flexibility index (Phi) is 7.09. The Morgan fingerprint density at radius 3 is 2.56 bits per heavy atom. The highest BCUT2D eigenvalue weighted by Crippen LogP contribution is 2.35. The number of anilines is 1. The van der Waals surface area contributed by atoms with Crippen LogP contribution in [0.1, 0.15) is 18.4 Å². The van der Waals surface area contributed by atoms with Crippen molar-refractivity contribution < 1.29 is 23.0 Å². The van der Waals surface area contributed by atoms with E-state index in [4.69, 9.17) is 9.84 Å². The van der Waals surface area contributed by atoms with Gasteiger partial charge in [0.25, 0.3) is 5.56 Å². The monoisotopic (exact) mass is 407 g/mol. The number of hydrogen-bond acceptors (Lipinski definition) is 5. The van der Waals surface area contributed by atoms with Crippen LogP contribution >= 0.6 is 0 Å². The fraction of sp³-hybridized carbons (Fsp3) is 0.765. The lowest BCUT2D eigenvalue weighted by Crippen LogP contribution is -2.35. The van der Waals surface area contributed by atoms with Crippen LogP contribution in [-0.4, -0.2) is 42.7 Å². The summed E-state index contributed by atoms with van der Waals surface area (Å²) in [6.45, 7) is 6.99. The van der Waals surface area contributed by atoms with E-state index in [9.17, 15) is 18.0 Å². The minimum atomic E-state index is -4.78. The molecule has 27 heavy (non-hydrogen) atoms. The van der Waals surface area contributed by atoms with Gasteiger partial charge in [0.2, 0.25) is 0 Å². The van der Waals surface area contributed by atoms with E-state index in [1.807, 2.05) is 0 Å². The highest BCUT2D eigenvalue weighted by atomic mass is 28.3. The normalized spacial score (nSPS) is 20.4. The molecule has 0 unspecified atom stereocenters. The number of ether oxygens (including phenoxy) is 1. The summed E-state index contributed by atoms with van der Waals surface area (Å²) < 4.78 is 46.3. The summed E-state index contributed by atoms with van der Waals surface area (Å²) in [5, 5.41) is 15.5. The van der Waals surface area contributed by atoms with Crippen molar-refractivity contribution in [3.05, 3.63) is 22.1 Å². The predicted molar refractivity (Wildman–Crippen MR) is 99.4 cm³/mol. The number of nitrogens with one attached hydrogen (secondary N) is 1. The van der Waals surface area contributed by atoms with Gasteiger partial charge in [-0.1, -0.05) is 19.6 Å². The Labute approximate surface area is 157 Å². The second kappa shape index (κ2) is 8.74. The smallest absolute Gasteiger partial charge is 0.396 e. The fourth-order valence-electron chi connectivity index (χ4n) is 2.96. The van der Waals surface area contributed by atoms with E-state index >= 15 is 0 Å². The second-order valence-corrected chi connectivity index (χ2v) is 14.0. The third-order valence-electron chi connectivity index (χ3n) is 4.71. The van der Waals surface area contributed by atoms with E-state index < -0.39 is 25.4 Å². The summed E-state index contributed by atoms with van der Waals surface area (Å²) >= 11 is 0. The first kappa shape index (κ1) is 21.9. The lowest BCUT2D eigenvalue weighted by atomic mass is 9.75. The second-order valence-electron chi connectivity index (χ2n) is 8.35. The van der Waals surface area contributed by atoms with Crippen LogP contribution < -0.4 is 10.9 Å². The maximum absolute atomic E-state index is 13.4. The molecule has 0 spiro atoms. The zero-order chi connectivity index (χ0) is 20.2. The lowest BCUT2D eigenvalue weighted by Gasteiger charge is -2.34. The summed E-state index contributed by atoms with van der Waals surface area (Å²) in [6, 6.07) is 0.851. The van der Waals surface area contributed by atoms with Crippen molar-refractivity contribution in [2.24, 2.45) is 11.8 Å². The zero-order valence-electron chi connectivity index (χ0n) is 16.0. The number of aromatic nitrogens is 2. The largest absolute Gasteiger partial charge is 0.423 e. The van der Waals surface area contributed by atoms with Gasteiger partial charge in [0.1, 0.15) is 12.3 Å². The topological polar surface area (TPSA) is 76.4 Å². The molecule has 1 aliphatic rings. The minimum absolute atomic E-state index is 0.0968. The van der Waals surface area contributed by atoms with Gasteiger partial charge in [-0.3, -0.25) is 4.79 Å². The standard InChI is InChI=1S/C17H28F3N3O3Si/c1-27(2,3)5-4-26-11-23-16(25)15(17(18,19)20)14(9-22-23)21-8-12-6-13(7-12)10-24/h9,12-13,21,24H,4-8,10-11H2,1-3H3. The maximum atomic E-state index is 13.4. The molecule has 0 aliphatic heterocycles. The van der Waals surface area contributed by atoms with Crippen molar-refractivity contribution in [3.8, 4) is 0 Å². The third-order valence-corrected chi connectivity index (χ3v) is 6.41. The van der Waals surface area contributed by atoms with Crippen LogP contribution in [0.25, 0.3) is 0 Å². The average Bonchev–Trinajstić information content (AvgIpc) is 2.49. The number of alkyl halides is 3. The Morgan fingerprint density at radius 1 is 1.33 bits per heavy atom. The Morgan fingerprint density at radius 2 is 2.00 bits per heavy atom. The van der Waals surface area contributed by atoms with Crippen LogP contribution in [0.15, 0.2) is 11.0 Å². The lowest BCUT2D eigenvalue weighted by molar-refractivity contribution is -0.138. The van der Waals surface area contributed by atoms with Gasteiger partial charge in [0, 0.05) is 27.8 Å². The summed E-state index contributed by atoms with van der Waals surface area (Å²) in [7, 11) is -1.32. The molecule has 0 atom stereocenters. The maximum Gasteiger partial charge on any atom is 0.423 e. The van der Waals surface area contributed by atoms with E-state index in [-0.39, 0.29) is 30.9 Å². The molecule has 0 radical (unpaired) electrons. The first-order valence-corrected chi connectivity index (χ1v) is 12.8. The van der Waals surface area contributed by atoms with Gasteiger partial charge in [0.05, 0.1) is 11.9 Å². The molecule has 1 aliphatic carbocycles. The summed E-state index contributed by atoms with van der Waals surface area (Å²) in [5.74, 6) is 0.411. The van der Waals surface area contributed by atoms with E-state index in [2.05, 4.69) is 30.1 Å². The van der Waals surface area contributed by atoms with E-state index in [0.717, 1.165) is 25.1 Å². The van der Waals surface area contributed by atoms with Gasteiger partial charge in [-0.05, 0) is 30.7 Å². The molecule has 0 bridgehead atoms. The van der Waals surface area contributed by atoms with E-state index in [0.29, 0.717) is 17.8 Å². The van der Waals surface area contributed by atoms with Gasteiger partial charge in [0.15, 0.2) is 0 Å². The molecule has 1 heterocycles. The van der Waals surface area contributed by atoms with E-state index in [1.54, 1.807) is 0 Å². The molecular formula is C17H28F3N3O3Si. The van der Waals surface area contributed by atoms with Crippen molar-refractivity contribution in [2.45, 2.75) is 51.4 Å². The van der Waals surface area contributed by atoms with E-state index in [1.165, 1.54) is 0 Å². The number of halogens is 3. The number of hydrogen-bond donors (Lipinski definition) is 2. The van der Waals surface area contributed by atoms with Crippen molar-refractivity contribution in [2.75, 3.05) is 25.1 Å². The van der Waals surface area contributed by atoms with Gasteiger partial charge in [-0.15, -0.1) is 0 Å². The number of rotatable bonds is 9. The molecular weight excluding hydrogens is 379 g/mol. The van der Waals surface area contributed by atoms with Crippen molar-refractivity contribution in [1.82, 2.24) is 9.78 Å². The molecule has 1 saturated carbocycles. The predicted octanol–water partition coefficient (Wildman–Crippen LogP) is 3.00. The Balaban J connectivity index is 2.05. The van der Waals surface area contributed by atoms with Crippen LogP contribution in [0.3, 0.4) is 0 Å². The Hall–Kier alpha value is -1.39. The zero-order valence-corrected chi connectivity index (χ0v) is 17.0. The molecule has 1 fully saturated rings. The number of nitrogens with zero attached hydrogens (tertiary/aromatic N) is 2. The van der Waals surface area contributed by atoms with Gasteiger partial charge in [-0.25, -0.2) is 4.68 Å². The molecule has 154 valence electrons. The molecule has 2 rings (SSSR count). The number of aliphatic hydroxyl groups excluding tert-OH is 1.